The second-order valence-electron chi connectivity index (χ2n) is 4.80. The van der Waals surface area contributed by atoms with Gasteiger partial charge in [-0.2, -0.15) is 13.2 Å². The van der Waals surface area contributed by atoms with Crippen LogP contribution in [0.3, 0.4) is 0 Å². The molecule has 5 heteroatoms. The summed E-state index contributed by atoms with van der Waals surface area (Å²) in [6.45, 7) is 2.56. The number of aliphatic hydroxyl groups excluding tert-OH is 1. The van der Waals surface area contributed by atoms with Crippen LogP contribution in [0.4, 0.5) is 13.2 Å². The molecule has 1 fully saturated rings. The fourth-order valence-electron chi connectivity index (χ4n) is 2.37. The van der Waals surface area contributed by atoms with Crippen molar-refractivity contribution < 1.29 is 18.3 Å². The van der Waals surface area contributed by atoms with Crippen LogP contribution >= 0.6 is 0 Å². The standard InChI is InChI=1S/C11H20F3NO/c1-8(2)15(7-11(12,13)14)9-5-3-4-6-10(9)16/h8-10,16H,3-7H2,1-2H3/t9-,10-/m0/s1. The summed E-state index contributed by atoms with van der Waals surface area (Å²) in [4.78, 5) is 1.38. The van der Waals surface area contributed by atoms with E-state index in [2.05, 4.69) is 0 Å². The van der Waals surface area contributed by atoms with Gasteiger partial charge in [-0.05, 0) is 26.7 Å². The lowest BCUT2D eigenvalue weighted by atomic mass is 9.90. The molecule has 1 aliphatic carbocycles. The second kappa shape index (κ2) is 5.36. The van der Waals surface area contributed by atoms with E-state index in [1.54, 1.807) is 13.8 Å². The number of aliphatic hydroxyl groups is 1. The number of nitrogens with zero attached hydrogens (tertiary/aromatic N) is 1. The van der Waals surface area contributed by atoms with Gasteiger partial charge in [0, 0.05) is 12.1 Å². The summed E-state index contributed by atoms with van der Waals surface area (Å²) >= 11 is 0. The number of rotatable bonds is 3. The predicted molar refractivity (Wildman–Crippen MR) is 56.2 cm³/mol. The molecule has 0 radical (unpaired) electrons. The highest BCUT2D eigenvalue weighted by Crippen LogP contribution is 2.28. The molecule has 96 valence electrons. The minimum Gasteiger partial charge on any atom is -0.391 e. The van der Waals surface area contributed by atoms with Crippen molar-refractivity contribution in [1.82, 2.24) is 4.90 Å². The third kappa shape index (κ3) is 3.94. The van der Waals surface area contributed by atoms with Crippen LogP contribution in [0, 0.1) is 0 Å². The molecule has 0 heterocycles. The van der Waals surface area contributed by atoms with Crippen LogP contribution < -0.4 is 0 Å². The van der Waals surface area contributed by atoms with Crippen molar-refractivity contribution >= 4 is 0 Å². The van der Waals surface area contributed by atoms with Gasteiger partial charge in [0.2, 0.25) is 0 Å². The fraction of sp³-hybridized carbons (Fsp3) is 1.00. The second-order valence-corrected chi connectivity index (χ2v) is 4.80. The zero-order chi connectivity index (χ0) is 12.3. The minimum absolute atomic E-state index is 0.195. The van der Waals surface area contributed by atoms with E-state index in [1.165, 1.54) is 4.90 Å². The molecule has 0 spiro atoms. The Balaban J connectivity index is 2.68. The minimum atomic E-state index is -4.19. The van der Waals surface area contributed by atoms with E-state index in [9.17, 15) is 18.3 Å². The van der Waals surface area contributed by atoms with E-state index < -0.39 is 18.8 Å². The lowest BCUT2D eigenvalue weighted by molar-refractivity contribution is -0.162. The maximum Gasteiger partial charge on any atom is 0.401 e. The van der Waals surface area contributed by atoms with Gasteiger partial charge in [0.1, 0.15) is 0 Å². The smallest absolute Gasteiger partial charge is 0.391 e. The van der Waals surface area contributed by atoms with Gasteiger partial charge in [-0.1, -0.05) is 12.8 Å². The van der Waals surface area contributed by atoms with Gasteiger partial charge in [-0.25, -0.2) is 0 Å². The normalized spacial score (nSPS) is 27.8. The van der Waals surface area contributed by atoms with E-state index in [0.29, 0.717) is 12.8 Å². The monoisotopic (exact) mass is 239 g/mol. The number of halogens is 3. The molecular weight excluding hydrogens is 219 g/mol. The lowest BCUT2D eigenvalue weighted by Crippen LogP contribution is -2.52. The Morgan fingerprint density at radius 3 is 2.25 bits per heavy atom. The summed E-state index contributed by atoms with van der Waals surface area (Å²) in [6, 6.07) is -0.533. The first-order valence-electron chi connectivity index (χ1n) is 5.82. The van der Waals surface area contributed by atoms with Crippen LogP contribution in [-0.4, -0.2) is 40.9 Å². The first-order chi connectivity index (χ1) is 7.31. The fourth-order valence-corrected chi connectivity index (χ4v) is 2.37. The molecule has 0 unspecified atom stereocenters. The summed E-state index contributed by atoms with van der Waals surface area (Å²) in [5, 5.41) is 9.78. The summed E-state index contributed by atoms with van der Waals surface area (Å²) < 4.78 is 37.3. The van der Waals surface area contributed by atoms with Crippen LogP contribution in [0.25, 0.3) is 0 Å². The molecule has 0 aromatic carbocycles. The third-order valence-corrected chi connectivity index (χ3v) is 3.15. The van der Waals surface area contributed by atoms with Gasteiger partial charge in [0.15, 0.2) is 0 Å². The van der Waals surface area contributed by atoms with Gasteiger partial charge in [-0.15, -0.1) is 0 Å². The highest BCUT2D eigenvalue weighted by atomic mass is 19.4. The van der Waals surface area contributed by atoms with Crippen molar-refractivity contribution in [3.05, 3.63) is 0 Å². The van der Waals surface area contributed by atoms with E-state index in [1.807, 2.05) is 0 Å². The zero-order valence-corrected chi connectivity index (χ0v) is 9.80. The first kappa shape index (κ1) is 13.8. The molecular formula is C11H20F3NO. The Bertz CT molecular complexity index is 218. The SMILES string of the molecule is CC(C)N(CC(F)(F)F)[C@H]1CCCC[C@@H]1O. The average Bonchev–Trinajstić information content (AvgIpc) is 2.13. The van der Waals surface area contributed by atoms with Gasteiger partial charge < -0.3 is 5.11 Å². The molecule has 2 nitrogen and oxygen atoms in total. The van der Waals surface area contributed by atoms with E-state index >= 15 is 0 Å². The third-order valence-electron chi connectivity index (χ3n) is 3.15. The highest BCUT2D eigenvalue weighted by Gasteiger charge is 2.38. The van der Waals surface area contributed by atoms with Gasteiger partial charge in [0.25, 0.3) is 0 Å². The van der Waals surface area contributed by atoms with Crippen molar-refractivity contribution in [1.29, 1.82) is 0 Å². The van der Waals surface area contributed by atoms with Crippen molar-refractivity contribution in [2.24, 2.45) is 0 Å². The molecule has 1 aliphatic rings. The van der Waals surface area contributed by atoms with E-state index in [-0.39, 0.29) is 12.1 Å². The van der Waals surface area contributed by atoms with Crippen LogP contribution in [0.5, 0.6) is 0 Å². The molecule has 0 bridgehead atoms. The predicted octanol–water partition coefficient (Wildman–Crippen LogP) is 2.56. The molecule has 16 heavy (non-hydrogen) atoms. The Morgan fingerprint density at radius 2 is 1.81 bits per heavy atom. The average molecular weight is 239 g/mol. The first-order valence-corrected chi connectivity index (χ1v) is 5.82. The molecule has 0 aromatic heterocycles. The van der Waals surface area contributed by atoms with Crippen LogP contribution in [-0.2, 0) is 0 Å². The van der Waals surface area contributed by atoms with E-state index in [0.717, 1.165) is 12.8 Å². The summed E-state index contributed by atoms with van der Waals surface area (Å²) in [7, 11) is 0. The largest absolute Gasteiger partial charge is 0.401 e. The van der Waals surface area contributed by atoms with Crippen molar-refractivity contribution in [2.45, 2.75) is 63.9 Å². The summed E-state index contributed by atoms with van der Waals surface area (Å²) in [5.41, 5.74) is 0. The number of hydrogen-bond acceptors (Lipinski definition) is 2. The molecule has 1 N–H and O–H groups in total. The molecule has 1 rings (SSSR count). The van der Waals surface area contributed by atoms with E-state index in [4.69, 9.17) is 0 Å². The lowest BCUT2D eigenvalue weighted by Gasteiger charge is -2.40. The van der Waals surface area contributed by atoms with Crippen molar-refractivity contribution in [2.75, 3.05) is 6.54 Å². The summed E-state index contributed by atoms with van der Waals surface area (Å²) in [6.07, 6.45) is -1.71. The molecule has 0 aliphatic heterocycles. The van der Waals surface area contributed by atoms with Crippen molar-refractivity contribution in [3.8, 4) is 0 Å². The van der Waals surface area contributed by atoms with Crippen LogP contribution in [0.2, 0.25) is 0 Å². The molecule has 1 saturated carbocycles. The van der Waals surface area contributed by atoms with Crippen LogP contribution in [0.1, 0.15) is 39.5 Å². The maximum absolute atomic E-state index is 12.4. The molecule has 0 aromatic rings. The number of hydrogen-bond donors (Lipinski definition) is 1. The van der Waals surface area contributed by atoms with Crippen LogP contribution in [0.15, 0.2) is 0 Å². The van der Waals surface area contributed by atoms with Gasteiger partial charge >= 0.3 is 6.18 Å². The Morgan fingerprint density at radius 1 is 1.25 bits per heavy atom. The molecule has 0 saturated heterocycles. The van der Waals surface area contributed by atoms with Crippen molar-refractivity contribution in [3.63, 3.8) is 0 Å². The Labute approximate surface area is 94.4 Å². The Hall–Kier alpha value is -0.290. The Kier molecular flexibility index (Phi) is 4.62. The quantitative estimate of drug-likeness (QED) is 0.818. The molecule has 0 amide bonds. The topological polar surface area (TPSA) is 23.5 Å². The molecule has 2 atom stereocenters. The zero-order valence-electron chi connectivity index (χ0n) is 9.80. The van der Waals surface area contributed by atoms with Gasteiger partial charge in [0.05, 0.1) is 12.6 Å². The number of alkyl halides is 3. The highest BCUT2D eigenvalue weighted by molar-refractivity contribution is 4.85. The maximum atomic E-state index is 12.4. The van der Waals surface area contributed by atoms with Gasteiger partial charge in [-0.3, -0.25) is 4.90 Å². The summed E-state index contributed by atoms with van der Waals surface area (Å²) in [5.74, 6) is 0.